The van der Waals surface area contributed by atoms with Crippen LogP contribution in [0.5, 0.6) is 0 Å². The van der Waals surface area contributed by atoms with Crippen molar-refractivity contribution in [1.29, 1.82) is 0 Å². The van der Waals surface area contributed by atoms with Crippen LogP contribution in [0.4, 0.5) is 0 Å². The molecule has 0 amide bonds. The maximum absolute atomic E-state index is 2.45. The van der Waals surface area contributed by atoms with Gasteiger partial charge in [-0.3, -0.25) is 0 Å². The van der Waals surface area contributed by atoms with Crippen molar-refractivity contribution in [3.05, 3.63) is 21.6 Å². The zero-order valence-electron chi connectivity index (χ0n) is 6.89. The van der Waals surface area contributed by atoms with E-state index in [1.807, 2.05) is 0 Å². The van der Waals surface area contributed by atoms with Gasteiger partial charge < -0.3 is 0 Å². The maximum atomic E-state index is 2.45. The summed E-state index contributed by atoms with van der Waals surface area (Å²) in [6, 6.07) is 0. The van der Waals surface area contributed by atoms with Crippen molar-refractivity contribution in [2.24, 2.45) is 0 Å². The summed E-state index contributed by atoms with van der Waals surface area (Å²) in [5.74, 6) is 0. The van der Waals surface area contributed by atoms with E-state index < -0.39 is 21.7 Å². The molecule has 0 saturated heterocycles. The third-order valence-corrected chi connectivity index (χ3v) is 11.4. The Kier molecular flexibility index (Phi) is 3.05. The first-order valence-electron chi connectivity index (χ1n) is 3.59. The van der Waals surface area contributed by atoms with Crippen molar-refractivity contribution < 1.29 is 21.7 Å². The number of rotatable bonds is 2. The molecule has 10 heavy (non-hydrogen) atoms. The molecule has 0 atom stereocenters. The van der Waals surface area contributed by atoms with Crippen LogP contribution < -0.4 is 0 Å². The molecule has 1 rings (SSSR count). The van der Waals surface area contributed by atoms with Crippen LogP contribution in [0.1, 0.15) is 6.42 Å². The summed E-state index contributed by atoms with van der Waals surface area (Å²) in [6.07, 6.45) is 7.98. The van der Waals surface area contributed by atoms with E-state index in [2.05, 4.69) is 39.9 Å². The van der Waals surface area contributed by atoms with Crippen LogP contribution in [-0.4, -0.2) is 17.0 Å². The van der Waals surface area contributed by atoms with E-state index in [4.69, 9.17) is 0 Å². The molecule has 0 aromatic rings. The topological polar surface area (TPSA) is 3.24 Å². The minimum absolute atomic E-state index is 1.23. The summed E-state index contributed by atoms with van der Waals surface area (Å²) in [6.45, 7) is 0. The Bertz CT molecular complexity index is 170. The van der Waals surface area contributed by atoms with Crippen LogP contribution in [0.25, 0.3) is 0 Å². The third-order valence-electron chi connectivity index (χ3n) is 1.91. The second kappa shape index (κ2) is 3.63. The molecule has 0 aromatic heterocycles. The Hall–Kier alpha value is 0.310. The third kappa shape index (κ3) is 1.89. The van der Waals surface area contributed by atoms with Gasteiger partial charge in [-0.2, -0.15) is 0 Å². The van der Waals surface area contributed by atoms with E-state index in [-0.39, 0.29) is 0 Å². The molecule has 55 valence electrons. The number of allylic oxidation sites excluding steroid dienone is 4. The molecular formula is C8H14HfN. The summed E-state index contributed by atoms with van der Waals surface area (Å²) in [5, 5.41) is 0. The Morgan fingerprint density at radius 3 is 2.60 bits per heavy atom. The average molecular weight is 303 g/mol. The van der Waals surface area contributed by atoms with Gasteiger partial charge in [0.2, 0.25) is 0 Å². The molecule has 0 aliphatic heterocycles. The van der Waals surface area contributed by atoms with E-state index in [1.54, 1.807) is 3.33 Å². The van der Waals surface area contributed by atoms with Crippen molar-refractivity contribution in [2.45, 2.75) is 11.1 Å². The van der Waals surface area contributed by atoms with Gasteiger partial charge in [0.25, 0.3) is 0 Å². The van der Waals surface area contributed by atoms with Gasteiger partial charge in [0, 0.05) is 0 Å². The zero-order valence-corrected chi connectivity index (χ0v) is 10.5. The molecule has 0 fully saturated rings. The second-order valence-electron chi connectivity index (χ2n) is 2.80. The van der Waals surface area contributed by atoms with Gasteiger partial charge in [-0.15, -0.1) is 0 Å². The molecule has 1 aliphatic carbocycles. The van der Waals surface area contributed by atoms with E-state index in [9.17, 15) is 0 Å². The van der Waals surface area contributed by atoms with Gasteiger partial charge in [-0.05, 0) is 0 Å². The summed E-state index contributed by atoms with van der Waals surface area (Å²) in [5.41, 5.74) is 0. The molecule has 0 spiro atoms. The standard InChI is InChI=1S/C5H5.C2H6N.CH3.Hf/c1-2-4-5-3-1;1-3-2;;/h1-3H,4H2;1-2H3;1H3;/q;-1;;+1. The fraction of sp³-hybridized carbons (Fsp3) is 0.500. The van der Waals surface area contributed by atoms with Gasteiger partial charge in [-0.1, -0.05) is 0 Å². The van der Waals surface area contributed by atoms with Gasteiger partial charge in [0.1, 0.15) is 0 Å². The molecule has 0 bridgehead atoms. The Labute approximate surface area is 71.3 Å². The van der Waals surface area contributed by atoms with Crippen LogP contribution in [0.3, 0.4) is 0 Å². The molecule has 0 saturated carbocycles. The number of hydrogen-bond donors (Lipinski definition) is 0. The number of hydrogen-bond acceptors (Lipinski definition) is 1. The van der Waals surface area contributed by atoms with Crippen LogP contribution in [0.15, 0.2) is 21.6 Å². The van der Waals surface area contributed by atoms with Crippen LogP contribution in [0, 0.1) is 0 Å². The molecular weight excluding hydrogens is 289 g/mol. The fourth-order valence-corrected chi connectivity index (χ4v) is 5.76. The number of nitrogens with zero attached hydrogens (tertiary/aromatic N) is 1. The van der Waals surface area contributed by atoms with Crippen LogP contribution in [0.2, 0.25) is 4.68 Å². The SMILES string of the molecule is C[N](C)[Hf]([CH3])[C]1=CC=CC1. The van der Waals surface area contributed by atoms with Crippen LogP contribution in [-0.2, 0) is 21.7 Å². The van der Waals surface area contributed by atoms with E-state index in [0.717, 1.165) is 0 Å². The van der Waals surface area contributed by atoms with E-state index in [0.29, 0.717) is 0 Å². The van der Waals surface area contributed by atoms with Crippen molar-refractivity contribution in [2.75, 3.05) is 14.1 Å². The average Bonchev–Trinajstić information content (AvgIpc) is 2.36. The molecule has 0 radical (unpaired) electrons. The summed E-state index contributed by atoms with van der Waals surface area (Å²) in [7, 11) is 4.42. The normalized spacial score (nSPS) is 16.2. The second-order valence-corrected chi connectivity index (χ2v) is 12.5. The van der Waals surface area contributed by atoms with E-state index in [1.165, 1.54) is 6.42 Å². The molecule has 0 aromatic carbocycles. The molecule has 2 heteroatoms. The molecule has 0 heterocycles. The predicted molar refractivity (Wildman–Crippen MR) is 41.4 cm³/mol. The van der Waals surface area contributed by atoms with Crippen molar-refractivity contribution in [3.63, 3.8) is 0 Å². The first-order valence-corrected chi connectivity index (χ1v) is 10.6. The van der Waals surface area contributed by atoms with Gasteiger partial charge in [0.05, 0.1) is 0 Å². The summed E-state index contributed by atoms with van der Waals surface area (Å²) >= 11 is -1.38. The Balaban J connectivity index is 2.50. The summed E-state index contributed by atoms with van der Waals surface area (Å²) in [4.78, 5) is 0. The van der Waals surface area contributed by atoms with Crippen molar-refractivity contribution >= 4 is 0 Å². The zero-order chi connectivity index (χ0) is 7.56. The molecule has 0 N–H and O–H groups in total. The molecule has 1 nitrogen and oxygen atoms in total. The van der Waals surface area contributed by atoms with Crippen molar-refractivity contribution in [3.8, 4) is 0 Å². The van der Waals surface area contributed by atoms with Gasteiger partial charge in [-0.25, -0.2) is 0 Å². The Morgan fingerprint density at radius 1 is 1.50 bits per heavy atom. The quantitative estimate of drug-likeness (QED) is 0.705. The molecule has 0 unspecified atom stereocenters. The molecule has 1 aliphatic rings. The summed E-state index contributed by atoms with van der Waals surface area (Å²) < 4.78 is 6.63. The minimum atomic E-state index is -1.38. The van der Waals surface area contributed by atoms with Crippen molar-refractivity contribution in [1.82, 2.24) is 2.89 Å². The van der Waals surface area contributed by atoms with Gasteiger partial charge in [0.15, 0.2) is 0 Å². The fourth-order valence-electron chi connectivity index (χ4n) is 1.00. The van der Waals surface area contributed by atoms with Crippen LogP contribution >= 0.6 is 0 Å². The van der Waals surface area contributed by atoms with E-state index >= 15 is 0 Å². The first kappa shape index (κ1) is 8.41. The predicted octanol–water partition coefficient (Wildman–Crippen LogP) is 1.97. The Morgan fingerprint density at radius 2 is 2.20 bits per heavy atom. The monoisotopic (exact) mass is 304 g/mol. The first-order chi connectivity index (χ1) is 4.72. The van der Waals surface area contributed by atoms with Gasteiger partial charge >= 0.3 is 71.4 Å².